The topological polar surface area (TPSA) is 59.6 Å². The fourth-order valence-corrected chi connectivity index (χ4v) is 2.41. The maximum atomic E-state index is 12.5. The van der Waals surface area contributed by atoms with Crippen molar-refractivity contribution in [1.82, 2.24) is 21.1 Å². The van der Waals surface area contributed by atoms with E-state index in [1.807, 2.05) is 32.8 Å². The molecule has 122 valence electrons. The molecule has 6 nitrogen and oxygen atoms in total. The van der Waals surface area contributed by atoms with Crippen molar-refractivity contribution in [3.63, 3.8) is 0 Å². The molecule has 1 heterocycles. The summed E-state index contributed by atoms with van der Waals surface area (Å²) in [6.07, 6.45) is 0. The molecule has 1 aromatic carbocycles. The van der Waals surface area contributed by atoms with Crippen molar-refractivity contribution < 1.29 is 4.79 Å². The number of nitrogens with one attached hydrogen (secondary N) is 3. The number of carbonyl (C=O) groups excluding carboxylic acids is 1. The zero-order valence-electron chi connectivity index (χ0n) is 13.9. The van der Waals surface area contributed by atoms with Crippen molar-refractivity contribution in [2.45, 2.75) is 32.5 Å². The van der Waals surface area contributed by atoms with Crippen LogP contribution in [-0.4, -0.2) is 50.2 Å². The van der Waals surface area contributed by atoms with E-state index in [1.54, 1.807) is 0 Å². The molecule has 3 N–H and O–H groups in total. The summed E-state index contributed by atoms with van der Waals surface area (Å²) in [5.74, 6) is 0. The third-order valence-corrected chi connectivity index (χ3v) is 3.84. The van der Waals surface area contributed by atoms with E-state index in [4.69, 9.17) is 0 Å². The highest BCUT2D eigenvalue weighted by Gasteiger charge is 2.22. The lowest BCUT2D eigenvalue weighted by molar-refractivity contribution is 0.177. The van der Waals surface area contributed by atoms with Crippen LogP contribution in [0.3, 0.4) is 0 Å². The van der Waals surface area contributed by atoms with Gasteiger partial charge in [-0.15, -0.1) is 0 Å². The number of benzene rings is 1. The summed E-state index contributed by atoms with van der Waals surface area (Å²) in [5.41, 5.74) is 8.34. The summed E-state index contributed by atoms with van der Waals surface area (Å²) in [6, 6.07) is 8.60. The highest BCUT2D eigenvalue weighted by Crippen LogP contribution is 2.15. The van der Waals surface area contributed by atoms with Gasteiger partial charge in [-0.2, -0.15) is 0 Å². The van der Waals surface area contributed by atoms with E-state index in [9.17, 15) is 4.79 Å². The summed E-state index contributed by atoms with van der Waals surface area (Å²) >= 11 is 0. The van der Waals surface area contributed by atoms with Gasteiger partial charge in [0.25, 0.3) is 0 Å². The van der Waals surface area contributed by atoms with Crippen LogP contribution < -0.4 is 21.1 Å². The minimum atomic E-state index is -0.0119. The minimum Gasteiger partial charge on any atom is -0.378 e. The molecule has 0 unspecified atom stereocenters. The first-order valence-corrected chi connectivity index (χ1v) is 7.76. The number of amides is 2. The fourth-order valence-electron chi connectivity index (χ4n) is 2.41. The molecule has 1 aromatic rings. The Morgan fingerprint density at radius 1 is 1.23 bits per heavy atom. The lowest BCUT2D eigenvalue weighted by Gasteiger charge is -2.28. The maximum absolute atomic E-state index is 12.5. The van der Waals surface area contributed by atoms with Gasteiger partial charge in [0.2, 0.25) is 0 Å². The molecule has 0 atom stereocenters. The number of urea groups is 1. The van der Waals surface area contributed by atoms with E-state index in [0.717, 1.165) is 24.3 Å². The number of carbonyl (C=O) groups is 1. The lowest BCUT2D eigenvalue weighted by Crippen LogP contribution is -2.48. The molecular formula is C16H27N5O. The lowest BCUT2D eigenvalue weighted by atomic mass is 10.1. The van der Waals surface area contributed by atoms with E-state index in [-0.39, 0.29) is 18.1 Å². The molecule has 2 rings (SSSR count). The molecule has 1 aliphatic rings. The van der Waals surface area contributed by atoms with Crippen molar-refractivity contribution in [2.75, 3.05) is 32.1 Å². The van der Waals surface area contributed by atoms with Crippen molar-refractivity contribution in [1.29, 1.82) is 0 Å². The number of anilines is 1. The summed E-state index contributed by atoms with van der Waals surface area (Å²) in [5, 5.41) is 3.06. The number of hydrogen-bond acceptors (Lipinski definition) is 4. The van der Waals surface area contributed by atoms with Gasteiger partial charge in [0, 0.05) is 45.5 Å². The van der Waals surface area contributed by atoms with Gasteiger partial charge in [-0.1, -0.05) is 12.1 Å². The van der Waals surface area contributed by atoms with E-state index in [1.165, 1.54) is 0 Å². The predicted molar refractivity (Wildman–Crippen MR) is 89.8 cm³/mol. The fraction of sp³-hybridized carbons (Fsp3) is 0.562. The maximum Gasteiger partial charge on any atom is 0.318 e. The normalized spacial score (nSPS) is 15.1. The van der Waals surface area contributed by atoms with E-state index in [2.05, 4.69) is 45.3 Å². The van der Waals surface area contributed by atoms with Crippen LogP contribution in [0.25, 0.3) is 0 Å². The first kappa shape index (κ1) is 16.6. The Morgan fingerprint density at radius 3 is 2.32 bits per heavy atom. The molecule has 22 heavy (non-hydrogen) atoms. The summed E-state index contributed by atoms with van der Waals surface area (Å²) in [6.45, 7) is 6.22. The van der Waals surface area contributed by atoms with E-state index < -0.39 is 0 Å². The molecule has 1 aliphatic heterocycles. The largest absolute Gasteiger partial charge is 0.378 e. The van der Waals surface area contributed by atoms with Gasteiger partial charge in [0.05, 0.1) is 6.04 Å². The second kappa shape index (κ2) is 7.47. The zero-order valence-corrected chi connectivity index (χ0v) is 13.9. The standard InChI is InChI=1S/C16H27N5O/c1-12(2)21(16(22)19-14-9-17-18-10-14)11-13-5-7-15(8-6-13)20(3)4/h5-8,12,14,17-18H,9-11H2,1-4H3,(H,19,22). The Labute approximate surface area is 132 Å². The van der Waals surface area contributed by atoms with Crippen LogP contribution in [0.4, 0.5) is 10.5 Å². The molecule has 1 saturated heterocycles. The van der Waals surface area contributed by atoms with Gasteiger partial charge in [-0.3, -0.25) is 10.9 Å². The van der Waals surface area contributed by atoms with Gasteiger partial charge < -0.3 is 15.1 Å². The molecule has 6 heteroatoms. The third-order valence-electron chi connectivity index (χ3n) is 3.84. The molecular weight excluding hydrogens is 278 g/mol. The number of hydrogen-bond donors (Lipinski definition) is 3. The molecule has 2 amide bonds. The van der Waals surface area contributed by atoms with Crippen LogP contribution in [-0.2, 0) is 6.54 Å². The molecule has 0 bridgehead atoms. The Kier molecular flexibility index (Phi) is 5.63. The number of rotatable bonds is 5. The Hall–Kier alpha value is -1.79. The van der Waals surface area contributed by atoms with Crippen molar-refractivity contribution in [3.05, 3.63) is 29.8 Å². The van der Waals surface area contributed by atoms with Crippen LogP contribution in [0.2, 0.25) is 0 Å². The average molecular weight is 305 g/mol. The first-order valence-electron chi connectivity index (χ1n) is 7.76. The van der Waals surface area contributed by atoms with E-state index >= 15 is 0 Å². The number of hydrazine groups is 1. The Bertz CT molecular complexity index is 480. The average Bonchev–Trinajstić information content (AvgIpc) is 2.97. The SMILES string of the molecule is CC(C)N(Cc1ccc(N(C)C)cc1)C(=O)NC1CNNC1. The Morgan fingerprint density at radius 2 is 1.82 bits per heavy atom. The second-order valence-corrected chi connectivity index (χ2v) is 6.19. The van der Waals surface area contributed by atoms with Gasteiger partial charge in [0.15, 0.2) is 0 Å². The van der Waals surface area contributed by atoms with Gasteiger partial charge >= 0.3 is 6.03 Å². The second-order valence-electron chi connectivity index (χ2n) is 6.19. The molecule has 0 aliphatic carbocycles. The Balaban J connectivity index is 1.99. The molecule has 0 radical (unpaired) electrons. The monoisotopic (exact) mass is 305 g/mol. The highest BCUT2D eigenvalue weighted by atomic mass is 16.2. The quantitative estimate of drug-likeness (QED) is 0.764. The minimum absolute atomic E-state index is 0.0119. The van der Waals surface area contributed by atoms with Crippen LogP contribution >= 0.6 is 0 Å². The molecule has 1 fully saturated rings. The van der Waals surface area contributed by atoms with Crippen LogP contribution in [0.5, 0.6) is 0 Å². The summed E-state index contributed by atoms with van der Waals surface area (Å²) in [7, 11) is 4.04. The molecule has 0 saturated carbocycles. The van der Waals surface area contributed by atoms with Crippen molar-refractivity contribution in [3.8, 4) is 0 Å². The van der Waals surface area contributed by atoms with Gasteiger partial charge in [-0.05, 0) is 31.5 Å². The summed E-state index contributed by atoms with van der Waals surface area (Å²) < 4.78 is 0. The van der Waals surface area contributed by atoms with Crippen molar-refractivity contribution in [2.24, 2.45) is 0 Å². The predicted octanol–water partition coefficient (Wildman–Crippen LogP) is 1.15. The first-order chi connectivity index (χ1) is 10.5. The third kappa shape index (κ3) is 4.35. The number of nitrogens with zero attached hydrogens (tertiary/aromatic N) is 2. The zero-order chi connectivity index (χ0) is 16.1. The van der Waals surface area contributed by atoms with Gasteiger partial charge in [-0.25, -0.2) is 4.79 Å². The van der Waals surface area contributed by atoms with E-state index in [0.29, 0.717) is 6.54 Å². The highest BCUT2D eigenvalue weighted by molar-refractivity contribution is 5.75. The van der Waals surface area contributed by atoms with Crippen molar-refractivity contribution >= 4 is 11.7 Å². The van der Waals surface area contributed by atoms with Crippen LogP contribution in [0, 0.1) is 0 Å². The molecule has 0 spiro atoms. The van der Waals surface area contributed by atoms with Gasteiger partial charge in [0.1, 0.15) is 0 Å². The van der Waals surface area contributed by atoms with Crippen LogP contribution in [0.1, 0.15) is 19.4 Å². The summed E-state index contributed by atoms with van der Waals surface area (Å²) in [4.78, 5) is 16.4. The molecule has 0 aromatic heterocycles. The van der Waals surface area contributed by atoms with Crippen LogP contribution in [0.15, 0.2) is 24.3 Å². The smallest absolute Gasteiger partial charge is 0.318 e.